The molecule has 1 aliphatic rings. The van der Waals surface area contributed by atoms with E-state index in [1.807, 2.05) is 31.2 Å². The highest BCUT2D eigenvalue weighted by molar-refractivity contribution is 5.76. The number of unbranched alkanes of at least 4 members (excludes halogenated alkanes) is 1. The fraction of sp³-hybridized carbons (Fsp3) is 0.556. The summed E-state index contributed by atoms with van der Waals surface area (Å²) in [6.45, 7) is 3.91. The lowest BCUT2D eigenvalue weighted by atomic mass is 10.1. The molecule has 6 nitrogen and oxygen atoms in total. The van der Waals surface area contributed by atoms with E-state index in [9.17, 15) is 9.59 Å². The van der Waals surface area contributed by atoms with Gasteiger partial charge in [0.25, 0.3) is 0 Å². The van der Waals surface area contributed by atoms with Crippen LogP contribution in [0.15, 0.2) is 24.3 Å². The molecule has 1 atom stereocenters. The van der Waals surface area contributed by atoms with Gasteiger partial charge >= 0.3 is 5.97 Å². The Morgan fingerprint density at radius 3 is 2.96 bits per heavy atom. The highest BCUT2D eigenvalue weighted by Gasteiger charge is 2.25. The van der Waals surface area contributed by atoms with Gasteiger partial charge in [0, 0.05) is 19.5 Å². The molecule has 6 heteroatoms. The van der Waals surface area contributed by atoms with E-state index in [2.05, 4.69) is 0 Å². The first-order valence-electron chi connectivity index (χ1n) is 8.35. The molecule has 1 fully saturated rings. The van der Waals surface area contributed by atoms with E-state index in [1.165, 1.54) is 0 Å². The predicted molar refractivity (Wildman–Crippen MR) is 89.1 cm³/mol. The van der Waals surface area contributed by atoms with Gasteiger partial charge in [-0.2, -0.15) is 0 Å². The van der Waals surface area contributed by atoms with E-state index in [0.29, 0.717) is 32.7 Å². The van der Waals surface area contributed by atoms with Crippen molar-refractivity contribution in [3.63, 3.8) is 0 Å². The van der Waals surface area contributed by atoms with Gasteiger partial charge in [0.15, 0.2) is 0 Å². The Labute approximate surface area is 142 Å². The van der Waals surface area contributed by atoms with Gasteiger partial charge in [-0.3, -0.25) is 9.59 Å². The van der Waals surface area contributed by atoms with E-state index in [-0.39, 0.29) is 12.3 Å². The number of carbonyl (C=O) groups excluding carboxylic acids is 1. The normalized spacial score (nSPS) is 17.5. The second-order valence-electron chi connectivity index (χ2n) is 6.05. The number of amides is 1. The monoisotopic (exact) mass is 335 g/mol. The summed E-state index contributed by atoms with van der Waals surface area (Å²) in [5, 5.41) is 8.80. The summed E-state index contributed by atoms with van der Waals surface area (Å²) in [7, 11) is 0. The van der Waals surface area contributed by atoms with Gasteiger partial charge in [-0.15, -0.1) is 0 Å². The number of rotatable bonds is 8. The van der Waals surface area contributed by atoms with Crippen molar-refractivity contribution >= 4 is 11.9 Å². The molecule has 24 heavy (non-hydrogen) atoms. The number of hydrogen-bond acceptors (Lipinski definition) is 4. The largest absolute Gasteiger partial charge is 0.494 e. The molecule has 1 saturated heterocycles. The van der Waals surface area contributed by atoms with Gasteiger partial charge in [-0.05, 0) is 37.5 Å². The number of carboxylic acid groups (broad SMARTS) is 1. The Morgan fingerprint density at radius 2 is 2.21 bits per heavy atom. The number of ether oxygens (including phenoxy) is 2. The number of aryl methyl sites for hydroxylation is 1. The Hall–Kier alpha value is -2.08. The molecule has 0 bridgehead atoms. The van der Waals surface area contributed by atoms with E-state index < -0.39 is 12.1 Å². The molecular weight excluding hydrogens is 310 g/mol. The van der Waals surface area contributed by atoms with Crippen LogP contribution in [0.25, 0.3) is 0 Å². The summed E-state index contributed by atoms with van der Waals surface area (Å²) >= 11 is 0. The maximum atomic E-state index is 12.2. The Morgan fingerprint density at radius 1 is 1.38 bits per heavy atom. The maximum Gasteiger partial charge on any atom is 0.306 e. The lowest BCUT2D eigenvalue weighted by molar-refractivity contribution is -0.147. The molecule has 1 aromatic carbocycles. The van der Waals surface area contributed by atoms with Crippen molar-refractivity contribution in [1.82, 2.24) is 4.90 Å². The van der Waals surface area contributed by atoms with Crippen LogP contribution in [-0.2, 0) is 14.3 Å². The minimum atomic E-state index is -0.900. The van der Waals surface area contributed by atoms with Crippen molar-refractivity contribution in [3.05, 3.63) is 29.8 Å². The van der Waals surface area contributed by atoms with Crippen LogP contribution < -0.4 is 4.74 Å². The van der Waals surface area contributed by atoms with E-state index in [4.69, 9.17) is 14.6 Å². The second-order valence-corrected chi connectivity index (χ2v) is 6.05. The molecule has 1 aliphatic heterocycles. The first kappa shape index (κ1) is 18.3. The molecule has 1 N–H and O–H groups in total. The van der Waals surface area contributed by atoms with Crippen LogP contribution >= 0.6 is 0 Å². The third-order valence-corrected chi connectivity index (χ3v) is 3.94. The van der Waals surface area contributed by atoms with Crippen LogP contribution in [0.4, 0.5) is 0 Å². The maximum absolute atomic E-state index is 12.2. The van der Waals surface area contributed by atoms with Crippen molar-refractivity contribution in [2.75, 3.05) is 26.3 Å². The average Bonchev–Trinajstić information content (AvgIpc) is 2.54. The molecule has 132 valence electrons. The number of carbonyl (C=O) groups is 2. The van der Waals surface area contributed by atoms with Crippen molar-refractivity contribution in [3.8, 4) is 5.75 Å². The molecule has 0 aromatic heterocycles. The van der Waals surface area contributed by atoms with Gasteiger partial charge in [-0.25, -0.2) is 0 Å². The van der Waals surface area contributed by atoms with Gasteiger partial charge in [0.1, 0.15) is 5.75 Å². The fourth-order valence-corrected chi connectivity index (χ4v) is 2.70. The van der Waals surface area contributed by atoms with E-state index >= 15 is 0 Å². The SMILES string of the molecule is Cc1cccc(OCCCCC(=O)N2CCO[C@H](CC(=O)O)C2)c1. The summed E-state index contributed by atoms with van der Waals surface area (Å²) < 4.78 is 11.0. The van der Waals surface area contributed by atoms with Crippen molar-refractivity contribution in [2.45, 2.75) is 38.7 Å². The zero-order valence-corrected chi connectivity index (χ0v) is 14.1. The minimum Gasteiger partial charge on any atom is -0.494 e. The third kappa shape index (κ3) is 6.20. The van der Waals surface area contributed by atoms with Crippen LogP contribution in [0.3, 0.4) is 0 Å². The molecule has 0 aliphatic carbocycles. The van der Waals surface area contributed by atoms with Gasteiger partial charge in [0.2, 0.25) is 5.91 Å². The number of benzene rings is 1. The first-order chi connectivity index (χ1) is 11.5. The number of hydrogen-bond donors (Lipinski definition) is 1. The molecule has 1 aromatic rings. The van der Waals surface area contributed by atoms with Gasteiger partial charge in [0.05, 0.1) is 25.7 Å². The quantitative estimate of drug-likeness (QED) is 0.737. The molecule has 0 unspecified atom stereocenters. The van der Waals surface area contributed by atoms with Crippen molar-refractivity contribution in [2.24, 2.45) is 0 Å². The smallest absolute Gasteiger partial charge is 0.306 e. The molecule has 1 amide bonds. The van der Waals surface area contributed by atoms with Crippen LogP contribution in [0.1, 0.15) is 31.2 Å². The number of carboxylic acids is 1. The lowest BCUT2D eigenvalue weighted by Gasteiger charge is -2.32. The number of morpholine rings is 1. The van der Waals surface area contributed by atoms with Crippen molar-refractivity contribution < 1.29 is 24.2 Å². The lowest BCUT2D eigenvalue weighted by Crippen LogP contribution is -2.46. The third-order valence-electron chi connectivity index (χ3n) is 3.94. The molecule has 0 spiro atoms. The Kier molecular flexibility index (Phi) is 7.06. The summed E-state index contributed by atoms with van der Waals surface area (Å²) in [6.07, 6.45) is 1.56. The summed E-state index contributed by atoms with van der Waals surface area (Å²) in [4.78, 5) is 24.6. The number of nitrogens with zero attached hydrogens (tertiary/aromatic N) is 1. The van der Waals surface area contributed by atoms with Crippen LogP contribution in [0.2, 0.25) is 0 Å². The highest BCUT2D eigenvalue weighted by Crippen LogP contribution is 2.14. The zero-order chi connectivity index (χ0) is 17.4. The topological polar surface area (TPSA) is 76.1 Å². The highest BCUT2D eigenvalue weighted by atomic mass is 16.5. The van der Waals surface area contributed by atoms with Gasteiger partial charge < -0.3 is 19.5 Å². The van der Waals surface area contributed by atoms with Gasteiger partial charge in [-0.1, -0.05) is 12.1 Å². The summed E-state index contributed by atoms with van der Waals surface area (Å²) in [5.74, 6) is 0.0119. The number of aliphatic carboxylic acids is 1. The minimum absolute atomic E-state index is 0.0595. The summed E-state index contributed by atoms with van der Waals surface area (Å²) in [5.41, 5.74) is 1.16. The fourth-order valence-electron chi connectivity index (χ4n) is 2.70. The molecular formula is C18H25NO5. The Balaban J connectivity index is 1.63. The Bertz CT molecular complexity index is 560. The molecule has 1 heterocycles. The second kappa shape index (κ2) is 9.27. The zero-order valence-electron chi connectivity index (χ0n) is 14.1. The van der Waals surface area contributed by atoms with E-state index in [0.717, 1.165) is 24.2 Å². The predicted octanol–water partition coefficient (Wildman–Crippen LogP) is 2.25. The van der Waals surface area contributed by atoms with Crippen LogP contribution in [0.5, 0.6) is 5.75 Å². The molecule has 2 rings (SSSR count). The average molecular weight is 335 g/mol. The van der Waals surface area contributed by atoms with Crippen LogP contribution in [0, 0.1) is 6.92 Å². The molecule has 0 radical (unpaired) electrons. The molecule has 0 saturated carbocycles. The standard InChI is InChI=1S/C18H25NO5/c1-14-5-4-6-15(11-14)23-9-3-2-7-17(20)19-8-10-24-16(13-19)12-18(21)22/h4-6,11,16H,2-3,7-10,12-13H2,1H3,(H,21,22)/t16-/m1/s1. The first-order valence-corrected chi connectivity index (χ1v) is 8.35. The summed E-state index contributed by atoms with van der Waals surface area (Å²) in [6, 6.07) is 7.89. The van der Waals surface area contributed by atoms with Crippen molar-refractivity contribution in [1.29, 1.82) is 0 Å². The van der Waals surface area contributed by atoms with E-state index in [1.54, 1.807) is 4.90 Å². The van der Waals surface area contributed by atoms with Crippen LogP contribution in [-0.4, -0.2) is 54.3 Å².